The molecule has 8 heteroatoms. The maximum absolute atomic E-state index is 12.5. The zero-order valence-corrected chi connectivity index (χ0v) is 16.7. The van der Waals surface area contributed by atoms with E-state index in [1.165, 1.54) is 23.9 Å². The van der Waals surface area contributed by atoms with Gasteiger partial charge in [-0.25, -0.2) is 0 Å². The van der Waals surface area contributed by atoms with Gasteiger partial charge in [0.2, 0.25) is 0 Å². The summed E-state index contributed by atoms with van der Waals surface area (Å²) < 4.78 is 2.09. The number of nitro benzene ring substituents is 1. The smallest absolute Gasteiger partial charge is 0.269 e. The predicted octanol–water partition coefficient (Wildman–Crippen LogP) is 4.13. The summed E-state index contributed by atoms with van der Waals surface area (Å²) in [4.78, 5) is 29.3. The van der Waals surface area contributed by atoms with Crippen molar-refractivity contribution in [1.82, 2.24) is 9.47 Å². The summed E-state index contributed by atoms with van der Waals surface area (Å²) in [6.07, 6.45) is 3.91. The van der Waals surface area contributed by atoms with Gasteiger partial charge in [0.15, 0.2) is 5.17 Å². The molecule has 0 spiro atoms. The number of thioether (sulfide) groups is 1. The number of para-hydroxylation sites is 1. The fourth-order valence-electron chi connectivity index (χ4n) is 3.33. The van der Waals surface area contributed by atoms with Crippen molar-refractivity contribution in [2.24, 2.45) is 4.99 Å². The zero-order valence-electron chi connectivity index (χ0n) is 15.9. The number of likely N-dealkylation sites (N-methyl/N-ethyl adjacent to an activating group) is 1. The minimum atomic E-state index is -0.402. The zero-order chi connectivity index (χ0) is 20.5. The third kappa shape index (κ3) is 3.54. The quantitative estimate of drug-likeness (QED) is 0.371. The van der Waals surface area contributed by atoms with Crippen LogP contribution in [0, 0.1) is 10.1 Å². The van der Waals surface area contributed by atoms with Crippen LogP contribution in [0.1, 0.15) is 11.1 Å². The van der Waals surface area contributed by atoms with Gasteiger partial charge in [-0.3, -0.25) is 24.8 Å². The lowest BCUT2D eigenvalue weighted by atomic mass is 10.1. The number of non-ortho nitro benzene ring substituents is 1. The van der Waals surface area contributed by atoms with E-state index < -0.39 is 4.92 Å². The van der Waals surface area contributed by atoms with Crippen LogP contribution in [0.2, 0.25) is 0 Å². The molecule has 0 N–H and O–H groups in total. The van der Waals surface area contributed by atoms with E-state index in [1.54, 1.807) is 31.1 Å². The molecule has 7 nitrogen and oxygen atoms in total. The largest absolute Gasteiger partial charge is 0.342 e. The lowest BCUT2D eigenvalue weighted by Gasteiger charge is -2.05. The van der Waals surface area contributed by atoms with Gasteiger partial charge in [-0.1, -0.05) is 30.3 Å². The number of rotatable bonds is 4. The number of aromatic nitrogens is 1. The van der Waals surface area contributed by atoms with Crippen LogP contribution in [0.3, 0.4) is 0 Å². The molecule has 2 heterocycles. The van der Waals surface area contributed by atoms with E-state index >= 15 is 0 Å². The number of amides is 1. The summed E-state index contributed by atoms with van der Waals surface area (Å²) in [5.74, 6) is -0.0669. The molecule has 1 aliphatic heterocycles. The molecule has 0 bridgehead atoms. The van der Waals surface area contributed by atoms with Gasteiger partial charge in [-0.15, -0.1) is 0 Å². The van der Waals surface area contributed by atoms with Gasteiger partial charge in [0, 0.05) is 55.4 Å². The number of fused-ring (bicyclic) bond motifs is 1. The molecule has 4 rings (SSSR count). The fraction of sp³-hybridized carbons (Fsp3) is 0.143. The lowest BCUT2D eigenvalue weighted by molar-refractivity contribution is -0.384. The van der Waals surface area contributed by atoms with Crippen molar-refractivity contribution in [3.8, 4) is 0 Å². The SMILES string of the molecule is CN=C1S/C(=C/c2cn(Cc3ccc([N+](=O)[O-])cc3)c3ccccc23)C(=O)N1C. The van der Waals surface area contributed by atoms with Crippen molar-refractivity contribution in [1.29, 1.82) is 0 Å². The summed E-state index contributed by atoms with van der Waals surface area (Å²) >= 11 is 1.36. The number of amidine groups is 1. The maximum Gasteiger partial charge on any atom is 0.269 e. The van der Waals surface area contributed by atoms with Gasteiger partial charge in [0.1, 0.15) is 0 Å². The van der Waals surface area contributed by atoms with Gasteiger partial charge in [0.25, 0.3) is 11.6 Å². The van der Waals surface area contributed by atoms with Crippen molar-refractivity contribution < 1.29 is 9.72 Å². The van der Waals surface area contributed by atoms with E-state index in [-0.39, 0.29) is 11.6 Å². The van der Waals surface area contributed by atoms with Crippen LogP contribution in [0.25, 0.3) is 17.0 Å². The average Bonchev–Trinajstić information content (AvgIpc) is 3.21. The van der Waals surface area contributed by atoms with Gasteiger partial charge >= 0.3 is 0 Å². The summed E-state index contributed by atoms with van der Waals surface area (Å²) in [5, 5.41) is 12.6. The molecule has 146 valence electrons. The van der Waals surface area contributed by atoms with Crippen LogP contribution >= 0.6 is 11.8 Å². The number of nitro groups is 1. The highest BCUT2D eigenvalue weighted by molar-refractivity contribution is 8.18. The summed E-state index contributed by atoms with van der Waals surface area (Å²) in [6, 6.07) is 14.5. The third-order valence-corrected chi connectivity index (χ3v) is 5.95. The van der Waals surface area contributed by atoms with Gasteiger partial charge in [0.05, 0.1) is 9.83 Å². The molecule has 1 saturated heterocycles. The maximum atomic E-state index is 12.5. The molecular formula is C21H18N4O3S. The number of nitrogens with zero attached hydrogens (tertiary/aromatic N) is 4. The van der Waals surface area contributed by atoms with Crippen LogP contribution < -0.4 is 0 Å². The third-order valence-electron chi connectivity index (χ3n) is 4.80. The Kier molecular flexibility index (Phi) is 4.94. The molecule has 0 radical (unpaired) electrons. The molecule has 2 aromatic carbocycles. The van der Waals surface area contributed by atoms with Gasteiger partial charge in [-0.2, -0.15) is 0 Å². The van der Waals surface area contributed by atoms with Crippen LogP contribution in [-0.4, -0.2) is 39.6 Å². The van der Waals surface area contributed by atoms with Crippen LogP contribution in [0.4, 0.5) is 5.69 Å². The van der Waals surface area contributed by atoms with Crippen molar-refractivity contribution in [2.45, 2.75) is 6.54 Å². The Morgan fingerprint density at radius 3 is 2.55 bits per heavy atom. The number of carbonyl (C=O) groups is 1. The number of aliphatic imine (C=N–C) groups is 1. The standard InChI is InChI=1S/C21H18N4O3S/c1-22-21-23(2)20(26)19(29-21)11-15-13-24(18-6-4-3-5-17(15)18)12-14-7-9-16(10-8-14)25(27)28/h3-11,13H,12H2,1-2H3/b19-11+,22-21?. The Morgan fingerprint density at radius 2 is 1.90 bits per heavy atom. The Morgan fingerprint density at radius 1 is 1.17 bits per heavy atom. The Balaban J connectivity index is 1.72. The molecule has 0 unspecified atom stereocenters. The molecule has 3 aromatic rings. The van der Waals surface area contributed by atoms with Crippen LogP contribution in [-0.2, 0) is 11.3 Å². The molecular weight excluding hydrogens is 388 g/mol. The van der Waals surface area contributed by atoms with Crippen molar-refractivity contribution >= 4 is 45.5 Å². The summed E-state index contributed by atoms with van der Waals surface area (Å²) in [6.45, 7) is 0.574. The molecule has 1 fully saturated rings. The molecule has 29 heavy (non-hydrogen) atoms. The molecule has 1 aliphatic rings. The highest BCUT2D eigenvalue weighted by Crippen LogP contribution is 2.33. The molecule has 0 aliphatic carbocycles. The number of carbonyl (C=O) groups excluding carboxylic acids is 1. The van der Waals surface area contributed by atoms with Crippen molar-refractivity contribution in [3.05, 3.63) is 80.9 Å². The van der Waals surface area contributed by atoms with E-state index in [4.69, 9.17) is 0 Å². The number of hydrogen-bond donors (Lipinski definition) is 0. The highest BCUT2D eigenvalue weighted by atomic mass is 32.2. The van der Waals surface area contributed by atoms with E-state index in [0.717, 1.165) is 22.0 Å². The Labute approximate surface area is 171 Å². The van der Waals surface area contributed by atoms with E-state index in [2.05, 4.69) is 9.56 Å². The normalized spacial score (nSPS) is 17.0. The van der Waals surface area contributed by atoms with Crippen LogP contribution in [0.5, 0.6) is 0 Å². The number of benzene rings is 2. The first-order valence-electron chi connectivity index (χ1n) is 8.93. The summed E-state index contributed by atoms with van der Waals surface area (Å²) in [5.41, 5.74) is 3.02. The second-order valence-corrected chi connectivity index (χ2v) is 7.64. The van der Waals surface area contributed by atoms with E-state index in [9.17, 15) is 14.9 Å². The number of hydrogen-bond acceptors (Lipinski definition) is 5. The lowest BCUT2D eigenvalue weighted by Crippen LogP contribution is -2.23. The topological polar surface area (TPSA) is 80.7 Å². The van der Waals surface area contributed by atoms with Crippen molar-refractivity contribution in [2.75, 3.05) is 14.1 Å². The fourth-order valence-corrected chi connectivity index (χ4v) is 4.25. The Hall–Kier alpha value is -3.39. The van der Waals surface area contributed by atoms with Crippen molar-refractivity contribution in [3.63, 3.8) is 0 Å². The van der Waals surface area contributed by atoms with Gasteiger partial charge in [-0.05, 0) is 29.5 Å². The molecule has 1 amide bonds. The van der Waals surface area contributed by atoms with Gasteiger partial charge < -0.3 is 4.57 Å². The first-order valence-corrected chi connectivity index (χ1v) is 9.75. The first kappa shape index (κ1) is 18.9. The highest BCUT2D eigenvalue weighted by Gasteiger charge is 2.30. The minimum absolute atomic E-state index is 0.0669. The van der Waals surface area contributed by atoms with E-state index in [0.29, 0.717) is 16.6 Å². The monoisotopic (exact) mass is 406 g/mol. The second-order valence-electron chi connectivity index (χ2n) is 6.63. The predicted molar refractivity (Wildman–Crippen MR) is 116 cm³/mol. The molecule has 0 saturated carbocycles. The molecule has 0 atom stereocenters. The van der Waals surface area contributed by atoms with Crippen LogP contribution in [0.15, 0.2) is 64.6 Å². The first-order chi connectivity index (χ1) is 14.0. The summed E-state index contributed by atoms with van der Waals surface area (Å²) in [7, 11) is 3.39. The Bertz CT molecular complexity index is 1180. The average molecular weight is 406 g/mol. The molecule has 1 aromatic heterocycles. The second kappa shape index (κ2) is 7.56. The minimum Gasteiger partial charge on any atom is -0.342 e. The van der Waals surface area contributed by atoms with E-state index in [1.807, 2.05) is 36.5 Å².